The van der Waals surface area contributed by atoms with Gasteiger partial charge in [-0.2, -0.15) is 5.26 Å². The number of hydrogen-bond acceptors (Lipinski definition) is 3. The summed E-state index contributed by atoms with van der Waals surface area (Å²) in [4.78, 5) is 6.30. The average molecular weight is 251 g/mol. The van der Waals surface area contributed by atoms with Crippen molar-refractivity contribution in [2.75, 3.05) is 11.4 Å². The summed E-state index contributed by atoms with van der Waals surface area (Å²) in [5.41, 5.74) is 4.08. The Balaban J connectivity index is 2.24. The van der Waals surface area contributed by atoms with Gasteiger partial charge in [0.05, 0.1) is 0 Å². The number of rotatable bonds is 4. The van der Waals surface area contributed by atoms with E-state index in [-0.39, 0.29) is 0 Å². The van der Waals surface area contributed by atoms with Crippen LogP contribution < -0.4 is 4.90 Å². The Bertz CT molecular complexity index is 599. The third-order valence-electron chi connectivity index (χ3n) is 3.15. The van der Waals surface area contributed by atoms with Crippen LogP contribution in [0, 0.1) is 18.3 Å². The molecule has 2 aromatic rings. The van der Waals surface area contributed by atoms with Gasteiger partial charge in [0, 0.05) is 25.0 Å². The van der Waals surface area contributed by atoms with Gasteiger partial charge < -0.3 is 4.90 Å². The van der Waals surface area contributed by atoms with E-state index in [9.17, 15) is 0 Å². The molecule has 0 N–H and O–H groups in total. The molecular weight excluding hydrogens is 234 g/mol. The number of hydrogen-bond donors (Lipinski definition) is 0. The summed E-state index contributed by atoms with van der Waals surface area (Å²) >= 11 is 0. The van der Waals surface area contributed by atoms with Gasteiger partial charge in [-0.05, 0) is 43.2 Å². The molecule has 1 heterocycles. The smallest absolute Gasteiger partial charge is 0.140 e. The van der Waals surface area contributed by atoms with E-state index in [1.54, 1.807) is 6.20 Å². The molecule has 0 fully saturated rings. The molecule has 0 atom stereocenters. The monoisotopic (exact) mass is 251 g/mol. The highest BCUT2D eigenvalue weighted by molar-refractivity contribution is 5.53. The average Bonchev–Trinajstić information content (AvgIpc) is 2.46. The Morgan fingerprint density at radius 1 is 1.26 bits per heavy atom. The standard InChI is InChI=1S/C16H17N3/c1-3-19(16-7-5-4-6-13(16)2)12-14-8-9-18-15(10-14)11-17/h4-10H,3,12H2,1-2H3. The minimum absolute atomic E-state index is 0.471. The second kappa shape index (κ2) is 6.01. The molecule has 2 rings (SSSR count). The lowest BCUT2D eigenvalue weighted by Crippen LogP contribution is -2.22. The molecular formula is C16H17N3. The predicted molar refractivity (Wildman–Crippen MR) is 76.9 cm³/mol. The fourth-order valence-corrected chi connectivity index (χ4v) is 2.14. The van der Waals surface area contributed by atoms with Crippen molar-refractivity contribution < 1.29 is 0 Å². The highest BCUT2D eigenvalue weighted by Gasteiger charge is 2.08. The van der Waals surface area contributed by atoms with E-state index in [1.165, 1.54) is 11.3 Å². The summed E-state index contributed by atoms with van der Waals surface area (Å²) in [6.45, 7) is 5.97. The van der Waals surface area contributed by atoms with Gasteiger partial charge in [0.2, 0.25) is 0 Å². The van der Waals surface area contributed by atoms with Gasteiger partial charge in [-0.15, -0.1) is 0 Å². The Hall–Kier alpha value is -2.34. The Labute approximate surface area is 114 Å². The third kappa shape index (κ3) is 3.11. The van der Waals surface area contributed by atoms with Gasteiger partial charge in [0.1, 0.15) is 11.8 Å². The van der Waals surface area contributed by atoms with Crippen LogP contribution in [-0.2, 0) is 6.54 Å². The van der Waals surface area contributed by atoms with Crippen molar-refractivity contribution in [3.63, 3.8) is 0 Å². The largest absolute Gasteiger partial charge is 0.367 e. The van der Waals surface area contributed by atoms with Gasteiger partial charge in [-0.3, -0.25) is 0 Å². The predicted octanol–water partition coefficient (Wildman–Crippen LogP) is 3.29. The van der Waals surface area contributed by atoms with Crippen molar-refractivity contribution >= 4 is 5.69 Å². The molecule has 3 nitrogen and oxygen atoms in total. The molecule has 0 unspecified atom stereocenters. The number of anilines is 1. The van der Waals surface area contributed by atoms with E-state index in [4.69, 9.17) is 5.26 Å². The lowest BCUT2D eigenvalue weighted by molar-refractivity contribution is 0.826. The molecule has 0 radical (unpaired) electrons. The quantitative estimate of drug-likeness (QED) is 0.837. The fraction of sp³-hybridized carbons (Fsp3) is 0.250. The molecule has 0 spiro atoms. The number of benzene rings is 1. The van der Waals surface area contributed by atoms with Crippen LogP contribution in [0.25, 0.3) is 0 Å². The first kappa shape index (κ1) is 13.1. The summed E-state index contributed by atoms with van der Waals surface area (Å²) in [5.74, 6) is 0. The van der Waals surface area contributed by atoms with Crippen LogP contribution in [0.5, 0.6) is 0 Å². The van der Waals surface area contributed by atoms with E-state index < -0.39 is 0 Å². The Morgan fingerprint density at radius 3 is 2.74 bits per heavy atom. The fourth-order valence-electron chi connectivity index (χ4n) is 2.14. The minimum Gasteiger partial charge on any atom is -0.367 e. The maximum atomic E-state index is 8.89. The van der Waals surface area contributed by atoms with Crippen LogP contribution >= 0.6 is 0 Å². The molecule has 0 amide bonds. The molecule has 1 aromatic carbocycles. The molecule has 1 aromatic heterocycles. The molecule has 3 heteroatoms. The number of nitriles is 1. The molecule has 0 aliphatic heterocycles. The lowest BCUT2D eigenvalue weighted by Gasteiger charge is -2.25. The van der Waals surface area contributed by atoms with Crippen molar-refractivity contribution in [2.45, 2.75) is 20.4 Å². The maximum absolute atomic E-state index is 8.89. The van der Waals surface area contributed by atoms with Gasteiger partial charge in [0.25, 0.3) is 0 Å². The van der Waals surface area contributed by atoms with Gasteiger partial charge in [-0.25, -0.2) is 4.98 Å². The van der Waals surface area contributed by atoms with E-state index in [2.05, 4.69) is 48.0 Å². The molecule has 0 saturated carbocycles. The van der Waals surface area contributed by atoms with Crippen LogP contribution in [0.1, 0.15) is 23.7 Å². The van der Waals surface area contributed by atoms with Gasteiger partial charge in [-0.1, -0.05) is 18.2 Å². The number of aromatic nitrogens is 1. The van der Waals surface area contributed by atoms with Crippen molar-refractivity contribution in [3.05, 3.63) is 59.4 Å². The zero-order valence-electron chi connectivity index (χ0n) is 11.3. The van der Waals surface area contributed by atoms with Gasteiger partial charge >= 0.3 is 0 Å². The molecule has 96 valence electrons. The first-order chi connectivity index (χ1) is 9.24. The Kier molecular flexibility index (Phi) is 4.15. The van der Waals surface area contributed by atoms with Gasteiger partial charge in [0.15, 0.2) is 0 Å². The number of aryl methyl sites for hydroxylation is 1. The Morgan fingerprint density at radius 2 is 2.05 bits per heavy atom. The van der Waals surface area contributed by atoms with Crippen LogP contribution in [-0.4, -0.2) is 11.5 Å². The van der Waals surface area contributed by atoms with Crippen LogP contribution in [0.15, 0.2) is 42.6 Å². The maximum Gasteiger partial charge on any atom is 0.140 e. The van der Waals surface area contributed by atoms with Crippen molar-refractivity contribution in [3.8, 4) is 6.07 Å². The summed E-state index contributed by atoms with van der Waals surface area (Å²) in [5, 5.41) is 8.89. The highest BCUT2D eigenvalue weighted by atomic mass is 15.1. The van der Waals surface area contributed by atoms with E-state index >= 15 is 0 Å². The summed E-state index contributed by atoms with van der Waals surface area (Å²) < 4.78 is 0. The van der Waals surface area contributed by atoms with E-state index in [0.29, 0.717) is 5.69 Å². The second-order valence-electron chi connectivity index (χ2n) is 4.46. The highest BCUT2D eigenvalue weighted by Crippen LogP contribution is 2.21. The summed E-state index contributed by atoms with van der Waals surface area (Å²) in [7, 11) is 0. The first-order valence-electron chi connectivity index (χ1n) is 6.40. The normalized spacial score (nSPS) is 9.95. The minimum atomic E-state index is 0.471. The number of para-hydroxylation sites is 1. The zero-order chi connectivity index (χ0) is 13.7. The summed E-state index contributed by atoms with van der Waals surface area (Å²) in [6, 6.07) is 14.2. The first-order valence-corrected chi connectivity index (χ1v) is 6.40. The second-order valence-corrected chi connectivity index (χ2v) is 4.46. The van der Waals surface area contributed by atoms with Crippen LogP contribution in [0.2, 0.25) is 0 Å². The topological polar surface area (TPSA) is 39.9 Å². The molecule has 0 aliphatic rings. The van der Waals surface area contributed by atoms with Crippen molar-refractivity contribution in [1.29, 1.82) is 5.26 Å². The summed E-state index contributed by atoms with van der Waals surface area (Å²) in [6.07, 6.45) is 1.69. The molecule has 0 aliphatic carbocycles. The number of pyridine rings is 1. The SMILES string of the molecule is CCN(Cc1ccnc(C#N)c1)c1ccccc1C. The molecule has 19 heavy (non-hydrogen) atoms. The zero-order valence-corrected chi connectivity index (χ0v) is 11.3. The van der Waals surface area contributed by atoms with E-state index in [0.717, 1.165) is 18.7 Å². The van der Waals surface area contributed by atoms with Crippen LogP contribution in [0.4, 0.5) is 5.69 Å². The third-order valence-corrected chi connectivity index (χ3v) is 3.15. The van der Waals surface area contributed by atoms with Crippen molar-refractivity contribution in [2.24, 2.45) is 0 Å². The van der Waals surface area contributed by atoms with E-state index in [1.807, 2.05) is 18.2 Å². The van der Waals surface area contributed by atoms with Crippen molar-refractivity contribution in [1.82, 2.24) is 4.98 Å². The number of nitrogens with zero attached hydrogens (tertiary/aromatic N) is 3. The molecule has 0 bridgehead atoms. The lowest BCUT2D eigenvalue weighted by atomic mass is 10.1. The van der Waals surface area contributed by atoms with Crippen LogP contribution in [0.3, 0.4) is 0 Å². The molecule has 0 saturated heterocycles.